The van der Waals surface area contributed by atoms with Gasteiger partial charge in [-0.15, -0.1) is 11.3 Å². The molecule has 2 aliphatic rings. The van der Waals surface area contributed by atoms with E-state index in [2.05, 4.69) is 69.4 Å². The summed E-state index contributed by atoms with van der Waals surface area (Å²) in [5, 5.41) is 5.05. The molecular weight excluding hydrogens is 418 g/mol. The van der Waals surface area contributed by atoms with E-state index in [1.165, 1.54) is 0 Å². The molecule has 1 aromatic carbocycles. The number of nitrogens with zero attached hydrogens (tertiary/aromatic N) is 4. The number of nitrogens with one attached hydrogen (secondary N) is 1. The van der Waals surface area contributed by atoms with Gasteiger partial charge in [0.15, 0.2) is 0 Å². The Labute approximate surface area is 193 Å². The summed E-state index contributed by atoms with van der Waals surface area (Å²) in [5.74, 6) is 0.442. The zero-order valence-corrected chi connectivity index (χ0v) is 19.2. The predicted octanol–water partition coefficient (Wildman–Crippen LogP) is 4.44. The molecule has 166 valence electrons. The Morgan fingerprint density at radius 3 is 2.72 bits per heavy atom. The van der Waals surface area contributed by atoms with Gasteiger partial charge in [-0.3, -0.25) is 14.7 Å². The third kappa shape index (κ3) is 4.24. The Bertz CT molecular complexity index is 1200. The monoisotopic (exact) mass is 447 g/mol. The average Bonchev–Trinajstić information content (AvgIpc) is 3.34. The van der Waals surface area contributed by atoms with E-state index >= 15 is 0 Å². The fourth-order valence-corrected chi connectivity index (χ4v) is 4.97. The van der Waals surface area contributed by atoms with Crippen LogP contribution >= 0.6 is 11.3 Å². The lowest BCUT2D eigenvalue weighted by Gasteiger charge is -2.44. The zero-order chi connectivity index (χ0) is 22.1. The van der Waals surface area contributed by atoms with E-state index in [4.69, 9.17) is 0 Å². The highest BCUT2D eigenvalue weighted by Gasteiger charge is 2.32. The van der Waals surface area contributed by atoms with E-state index in [1.807, 2.05) is 23.8 Å². The molecule has 7 heteroatoms. The summed E-state index contributed by atoms with van der Waals surface area (Å²) < 4.78 is 0. The fraction of sp³-hybridized carbons (Fsp3) is 0.320. The van der Waals surface area contributed by atoms with E-state index in [1.54, 1.807) is 17.5 Å². The molecule has 1 amide bonds. The van der Waals surface area contributed by atoms with Crippen LogP contribution in [0.4, 0.5) is 5.82 Å². The number of benzene rings is 1. The molecular formula is C25H29N5OS. The number of piperazine rings is 1. The van der Waals surface area contributed by atoms with Crippen molar-refractivity contribution in [3.8, 4) is 10.4 Å². The first-order valence-electron chi connectivity index (χ1n) is 10.9. The van der Waals surface area contributed by atoms with Gasteiger partial charge >= 0.3 is 0 Å². The molecule has 1 N–H and O–H groups in total. The Hall–Kier alpha value is -2.87. The molecule has 0 bridgehead atoms. The van der Waals surface area contributed by atoms with Crippen LogP contribution in [-0.4, -0.2) is 64.4 Å². The Kier molecular flexibility index (Phi) is 5.63. The maximum absolute atomic E-state index is 12.9. The number of anilines is 1. The lowest BCUT2D eigenvalue weighted by atomic mass is 9.88. The van der Waals surface area contributed by atoms with E-state index in [9.17, 15) is 4.79 Å². The van der Waals surface area contributed by atoms with Gasteiger partial charge in [-0.1, -0.05) is 30.4 Å². The van der Waals surface area contributed by atoms with Crippen molar-refractivity contribution >= 4 is 33.8 Å². The Balaban J connectivity index is 0.00000259. The van der Waals surface area contributed by atoms with Crippen LogP contribution in [0.3, 0.4) is 0 Å². The van der Waals surface area contributed by atoms with Crippen LogP contribution in [0.15, 0.2) is 66.0 Å². The molecule has 3 heterocycles. The van der Waals surface area contributed by atoms with Crippen LogP contribution in [0.2, 0.25) is 0 Å². The number of hydrogen-bond donors (Lipinski definition) is 1. The van der Waals surface area contributed by atoms with Crippen molar-refractivity contribution in [2.24, 2.45) is 0 Å². The molecule has 1 saturated heterocycles. The molecule has 32 heavy (non-hydrogen) atoms. The normalized spacial score (nSPS) is 22.1. The highest BCUT2D eigenvalue weighted by Crippen LogP contribution is 2.30. The minimum Gasteiger partial charge on any atom is -0.307 e. The minimum atomic E-state index is -0.118. The van der Waals surface area contributed by atoms with Crippen molar-refractivity contribution in [3.63, 3.8) is 0 Å². The van der Waals surface area contributed by atoms with E-state index in [-0.39, 0.29) is 12.9 Å². The SMILES string of the molecule is CN1CCN(C2(C)C=CC(C(=O)Nc3cc4cc(-c5cncs5)ccc4cn3)=CC2)CC1.[HH]. The van der Waals surface area contributed by atoms with Crippen LogP contribution in [0.5, 0.6) is 0 Å². The van der Waals surface area contributed by atoms with E-state index in [0.717, 1.165) is 53.8 Å². The molecule has 1 atom stereocenters. The van der Waals surface area contributed by atoms with E-state index < -0.39 is 0 Å². The van der Waals surface area contributed by atoms with Gasteiger partial charge in [0.1, 0.15) is 5.82 Å². The summed E-state index contributed by atoms with van der Waals surface area (Å²) in [5.41, 5.74) is 3.61. The van der Waals surface area contributed by atoms with E-state index in [0.29, 0.717) is 11.4 Å². The van der Waals surface area contributed by atoms with Gasteiger partial charge in [-0.05, 0) is 43.5 Å². The second-order valence-corrected chi connectivity index (χ2v) is 9.68. The predicted molar refractivity (Wildman–Crippen MR) is 133 cm³/mol. The van der Waals surface area contributed by atoms with Crippen molar-refractivity contribution in [2.45, 2.75) is 18.9 Å². The highest BCUT2D eigenvalue weighted by molar-refractivity contribution is 7.13. The topological polar surface area (TPSA) is 61.4 Å². The average molecular weight is 448 g/mol. The standard InChI is InChI=1S/C25H27N5OS.H2/c1-25(30-11-9-29(2)10-12-30)7-5-18(6-8-25)24(31)28-23-14-21-13-19(22-16-26-17-32-22)3-4-20(21)15-27-23;/h3-7,13-17H,8-12H2,1-2H3,(H,27,28,31);1H. The molecule has 3 aromatic rings. The van der Waals surface area contributed by atoms with Crippen LogP contribution in [-0.2, 0) is 4.79 Å². The maximum Gasteiger partial charge on any atom is 0.256 e. The molecule has 0 saturated carbocycles. The molecule has 1 unspecified atom stereocenters. The smallest absolute Gasteiger partial charge is 0.256 e. The van der Waals surface area contributed by atoms with Gasteiger partial charge in [0.05, 0.1) is 10.4 Å². The number of carbonyl (C=O) groups excluding carboxylic acids is 1. The van der Waals surface area contributed by atoms with Crippen LogP contribution in [0.1, 0.15) is 14.8 Å². The number of hydrogen-bond acceptors (Lipinski definition) is 6. The summed E-state index contributed by atoms with van der Waals surface area (Å²) >= 11 is 1.61. The van der Waals surface area contributed by atoms with Crippen molar-refractivity contribution in [3.05, 3.63) is 66.0 Å². The molecule has 0 radical (unpaired) electrons. The van der Waals surface area contributed by atoms with Crippen molar-refractivity contribution in [1.82, 2.24) is 19.8 Å². The van der Waals surface area contributed by atoms with Crippen molar-refractivity contribution in [1.29, 1.82) is 0 Å². The highest BCUT2D eigenvalue weighted by atomic mass is 32.1. The number of fused-ring (bicyclic) bond motifs is 1. The molecule has 0 spiro atoms. The third-order valence-electron chi connectivity index (χ3n) is 6.53. The second-order valence-electron chi connectivity index (χ2n) is 8.80. The molecule has 6 nitrogen and oxygen atoms in total. The van der Waals surface area contributed by atoms with Gasteiger partial charge in [0.25, 0.3) is 5.91 Å². The summed E-state index contributed by atoms with van der Waals surface area (Å²) in [7, 11) is 2.17. The quantitative estimate of drug-likeness (QED) is 0.641. The number of rotatable bonds is 4. The lowest BCUT2D eigenvalue weighted by Crippen LogP contribution is -2.54. The van der Waals surface area contributed by atoms with Gasteiger partial charge in [-0.2, -0.15) is 0 Å². The third-order valence-corrected chi connectivity index (χ3v) is 7.35. The molecule has 1 aliphatic heterocycles. The number of thiazole rings is 1. The lowest BCUT2D eigenvalue weighted by molar-refractivity contribution is -0.112. The van der Waals surface area contributed by atoms with Crippen LogP contribution in [0.25, 0.3) is 21.2 Å². The summed E-state index contributed by atoms with van der Waals surface area (Å²) in [6, 6.07) is 8.17. The Morgan fingerprint density at radius 1 is 1.16 bits per heavy atom. The van der Waals surface area contributed by atoms with Crippen LogP contribution in [0, 0.1) is 0 Å². The summed E-state index contributed by atoms with van der Waals surface area (Å²) in [4.78, 5) is 27.5. The summed E-state index contributed by atoms with van der Waals surface area (Å²) in [6.07, 6.45) is 10.7. The maximum atomic E-state index is 12.9. The van der Waals surface area contributed by atoms with Gasteiger partial charge in [0, 0.05) is 56.5 Å². The minimum absolute atomic E-state index is 0. The van der Waals surface area contributed by atoms with Gasteiger partial charge < -0.3 is 10.2 Å². The fourth-order valence-electron chi connectivity index (χ4n) is 4.35. The number of likely N-dealkylation sites (N-methyl/N-ethyl adjacent to an activating group) is 1. The Morgan fingerprint density at radius 2 is 2.00 bits per heavy atom. The number of pyridine rings is 1. The summed E-state index contributed by atoms with van der Waals surface area (Å²) in [6.45, 7) is 6.53. The first kappa shape index (κ1) is 21.0. The molecule has 1 aliphatic carbocycles. The molecule has 5 rings (SSSR count). The zero-order valence-electron chi connectivity index (χ0n) is 18.4. The van der Waals surface area contributed by atoms with Crippen LogP contribution < -0.4 is 5.32 Å². The largest absolute Gasteiger partial charge is 0.307 e. The van der Waals surface area contributed by atoms with Gasteiger partial charge in [-0.25, -0.2) is 4.98 Å². The molecule has 2 aromatic heterocycles. The molecule has 1 fully saturated rings. The first-order chi connectivity index (χ1) is 15.5. The first-order valence-corrected chi connectivity index (χ1v) is 11.8. The number of carbonyl (C=O) groups is 1. The van der Waals surface area contributed by atoms with Crippen molar-refractivity contribution < 1.29 is 6.22 Å². The number of amides is 1. The second kappa shape index (κ2) is 8.58. The van der Waals surface area contributed by atoms with Gasteiger partial charge in [0.2, 0.25) is 0 Å². The number of aromatic nitrogens is 2. The van der Waals surface area contributed by atoms with Crippen molar-refractivity contribution in [2.75, 3.05) is 38.5 Å².